The van der Waals surface area contributed by atoms with E-state index in [0.717, 1.165) is 74.4 Å². The Labute approximate surface area is 215 Å². The number of carbonyl (C=O) groups is 2. The lowest BCUT2D eigenvalue weighted by molar-refractivity contribution is -0.121. The van der Waals surface area contributed by atoms with Crippen molar-refractivity contribution in [1.82, 2.24) is 10.2 Å². The normalized spacial score (nSPS) is 11.0. The van der Waals surface area contributed by atoms with Crippen LogP contribution in [0, 0.1) is 0 Å². The second-order valence-electron chi connectivity index (χ2n) is 9.79. The number of nitrogens with one attached hydrogen (secondary N) is 2. The molecule has 5 nitrogen and oxygen atoms in total. The predicted molar refractivity (Wildman–Crippen MR) is 151 cm³/mol. The average Bonchev–Trinajstić information content (AvgIpc) is 2.82. The summed E-state index contributed by atoms with van der Waals surface area (Å²) in [6.45, 7) is 16.8. The van der Waals surface area contributed by atoms with E-state index < -0.39 is 0 Å². The number of ketones is 1. The molecule has 5 heteroatoms. The van der Waals surface area contributed by atoms with E-state index in [-0.39, 0.29) is 11.7 Å². The lowest BCUT2D eigenvalue weighted by Crippen LogP contribution is -2.35. The smallest absolute Gasteiger partial charge is 0.220 e. The molecule has 0 atom stereocenters. The number of hydrogen-bond donors (Lipinski definition) is 2. The van der Waals surface area contributed by atoms with Crippen LogP contribution in [0.3, 0.4) is 0 Å². The Kier molecular flexibility index (Phi) is 16.9. The Morgan fingerprint density at radius 3 is 1.97 bits per heavy atom. The van der Waals surface area contributed by atoms with Crippen LogP contribution in [0.15, 0.2) is 24.8 Å². The maximum Gasteiger partial charge on any atom is 0.220 e. The highest BCUT2D eigenvalue weighted by Crippen LogP contribution is 2.22. The summed E-state index contributed by atoms with van der Waals surface area (Å²) in [5, 5.41) is 6.53. The molecule has 1 aromatic rings. The molecule has 0 radical (unpaired) electrons. The van der Waals surface area contributed by atoms with Crippen molar-refractivity contribution < 1.29 is 9.59 Å². The van der Waals surface area contributed by atoms with Gasteiger partial charge in [0.25, 0.3) is 0 Å². The lowest BCUT2D eigenvalue weighted by atomic mass is 9.98. The van der Waals surface area contributed by atoms with Crippen LogP contribution in [0.4, 0.5) is 5.69 Å². The maximum absolute atomic E-state index is 12.0. The minimum absolute atomic E-state index is 0.0773. The van der Waals surface area contributed by atoms with E-state index in [1.807, 2.05) is 25.1 Å². The first kappa shape index (κ1) is 30.9. The molecule has 1 aromatic carbocycles. The van der Waals surface area contributed by atoms with Gasteiger partial charge in [-0.3, -0.25) is 9.59 Å². The average molecular weight is 486 g/mol. The Bertz CT molecular complexity index is 754. The topological polar surface area (TPSA) is 61.4 Å². The van der Waals surface area contributed by atoms with Gasteiger partial charge in [0.05, 0.1) is 0 Å². The summed E-state index contributed by atoms with van der Waals surface area (Å²) in [5.41, 5.74) is 3.60. The molecule has 0 bridgehead atoms. The van der Waals surface area contributed by atoms with Crippen molar-refractivity contribution in [1.29, 1.82) is 0 Å². The standard InChI is InChI=1S/C30H51N3O2/c1-6-21-33(22-7-2)23-20-32-30(35)16-14-12-10-8-9-11-13-15-19-31-27-17-18-28(25(3)4)29(24-27)26(5)34/h17-18,24,31H,3,6-16,19-23H2,1-2,4-5H3,(H,32,35). The van der Waals surface area contributed by atoms with E-state index in [1.165, 1.54) is 44.9 Å². The predicted octanol–water partition coefficient (Wildman–Crippen LogP) is 7.08. The summed E-state index contributed by atoms with van der Waals surface area (Å²) in [6, 6.07) is 5.96. The van der Waals surface area contributed by atoms with Gasteiger partial charge >= 0.3 is 0 Å². The van der Waals surface area contributed by atoms with Crippen molar-refractivity contribution in [3.63, 3.8) is 0 Å². The molecular formula is C30H51N3O2. The van der Waals surface area contributed by atoms with Crippen LogP contribution in [0.1, 0.15) is 114 Å². The Hall–Kier alpha value is -2.14. The molecule has 0 aliphatic rings. The fraction of sp³-hybridized carbons (Fsp3) is 0.667. The lowest BCUT2D eigenvalue weighted by Gasteiger charge is -2.20. The van der Waals surface area contributed by atoms with Crippen molar-refractivity contribution in [3.05, 3.63) is 35.9 Å². The maximum atomic E-state index is 12.0. The van der Waals surface area contributed by atoms with Gasteiger partial charge < -0.3 is 15.5 Å². The molecule has 0 saturated carbocycles. The van der Waals surface area contributed by atoms with Gasteiger partial charge in [0.2, 0.25) is 5.91 Å². The van der Waals surface area contributed by atoms with E-state index >= 15 is 0 Å². The second kappa shape index (κ2) is 19.1. The largest absolute Gasteiger partial charge is 0.385 e. The first-order valence-electron chi connectivity index (χ1n) is 13.9. The number of amides is 1. The fourth-order valence-electron chi connectivity index (χ4n) is 4.43. The summed E-state index contributed by atoms with van der Waals surface area (Å²) in [6.07, 6.45) is 12.5. The number of hydrogen-bond acceptors (Lipinski definition) is 4. The van der Waals surface area contributed by atoms with Crippen LogP contribution in [0.25, 0.3) is 5.57 Å². The number of nitrogens with zero attached hydrogens (tertiary/aromatic N) is 1. The Balaban J connectivity index is 2.02. The van der Waals surface area contributed by atoms with Crippen molar-refractivity contribution in [2.24, 2.45) is 0 Å². The Morgan fingerprint density at radius 1 is 0.800 bits per heavy atom. The van der Waals surface area contributed by atoms with Gasteiger partial charge in [-0.05, 0) is 70.3 Å². The van der Waals surface area contributed by atoms with Crippen molar-refractivity contribution in [2.75, 3.05) is 38.0 Å². The fourth-order valence-corrected chi connectivity index (χ4v) is 4.43. The SMILES string of the molecule is C=C(C)c1ccc(NCCCCCCCCCCC(=O)NCCN(CCC)CCC)cc1C(C)=O. The third-order valence-corrected chi connectivity index (χ3v) is 6.35. The first-order chi connectivity index (χ1) is 16.9. The van der Waals surface area contributed by atoms with Crippen LogP contribution in [0.5, 0.6) is 0 Å². The summed E-state index contributed by atoms with van der Waals surface area (Å²) in [7, 11) is 0. The monoisotopic (exact) mass is 485 g/mol. The molecule has 35 heavy (non-hydrogen) atoms. The molecule has 0 fully saturated rings. The molecule has 0 unspecified atom stereocenters. The van der Waals surface area contributed by atoms with Crippen LogP contribution in [0.2, 0.25) is 0 Å². The van der Waals surface area contributed by atoms with Gasteiger partial charge in [-0.2, -0.15) is 0 Å². The zero-order valence-corrected chi connectivity index (χ0v) is 23.0. The molecular weight excluding hydrogens is 434 g/mol. The molecule has 0 heterocycles. The van der Waals surface area contributed by atoms with Crippen molar-refractivity contribution in [2.45, 2.75) is 98.3 Å². The van der Waals surface area contributed by atoms with Gasteiger partial charge in [-0.1, -0.05) is 70.6 Å². The molecule has 0 aliphatic carbocycles. The quantitative estimate of drug-likeness (QED) is 0.144. The van der Waals surface area contributed by atoms with Gasteiger partial charge in [-0.25, -0.2) is 0 Å². The van der Waals surface area contributed by atoms with Gasteiger partial charge in [-0.15, -0.1) is 0 Å². The zero-order valence-electron chi connectivity index (χ0n) is 23.0. The summed E-state index contributed by atoms with van der Waals surface area (Å²) < 4.78 is 0. The molecule has 1 rings (SSSR count). The number of unbranched alkanes of at least 4 members (excludes halogenated alkanes) is 7. The number of anilines is 1. The zero-order chi connectivity index (χ0) is 25.9. The van der Waals surface area contributed by atoms with E-state index in [9.17, 15) is 9.59 Å². The minimum atomic E-state index is 0.0773. The van der Waals surface area contributed by atoms with Gasteiger partial charge in [0.15, 0.2) is 5.78 Å². The first-order valence-corrected chi connectivity index (χ1v) is 13.9. The van der Waals surface area contributed by atoms with E-state index in [4.69, 9.17) is 0 Å². The van der Waals surface area contributed by atoms with Crippen LogP contribution >= 0.6 is 0 Å². The molecule has 0 spiro atoms. The summed E-state index contributed by atoms with van der Waals surface area (Å²) >= 11 is 0. The second-order valence-corrected chi connectivity index (χ2v) is 9.79. The van der Waals surface area contributed by atoms with Crippen molar-refractivity contribution >= 4 is 23.0 Å². The van der Waals surface area contributed by atoms with E-state index in [1.54, 1.807) is 6.92 Å². The molecule has 0 aliphatic heterocycles. The number of benzene rings is 1. The Morgan fingerprint density at radius 2 is 1.40 bits per heavy atom. The number of allylic oxidation sites excluding steroid dienone is 1. The molecule has 2 N–H and O–H groups in total. The molecule has 198 valence electrons. The number of rotatable bonds is 21. The third kappa shape index (κ3) is 14.1. The minimum Gasteiger partial charge on any atom is -0.385 e. The van der Waals surface area contributed by atoms with Crippen LogP contribution in [-0.2, 0) is 4.79 Å². The third-order valence-electron chi connectivity index (χ3n) is 6.35. The van der Waals surface area contributed by atoms with E-state index in [2.05, 4.69) is 36.0 Å². The van der Waals surface area contributed by atoms with Crippen LogP contribution in [-0.4, -0.2) is 49.3 Å². The molecule has 1 amide bonds. The highest BCUT2D eigenvalue weighted by molar-refractivity contribution is 5.99. The summed E-state index contributed by atoms with van der Waals surface area (Å²) in [5.74, 6) is 0.281. The highest BCUT2D eigenvalue weighted by atomic mass is 16.1. The molecule has 0 saturated heterocycles. The summed E-state index contributed by atoms with van der Waals surface area (Å²) in [4.78, 5) is 26.4. The number of carbonyl (C=O) groups excluding carboxylic acids is 2. The number of Topliss-reactive ketones (excluding diaryl/α,β-unsaturated/α-hetero) is 1. The highest BCUT2D eigenvalue weighted by Gasteiger charge is 2.09. The van der Waals surface area contributed by atoms with Crippen LogP contribution < -0.4 is 10.6 Å². The van der Waals surface area contributed by atoms with Gasteiger partial charge in [0, 0.05) is 37.3 Å². The van der Waals surface area contributed by atoms with Crippen molar-refractivity contribution in [3.8, 4) is 0 Å². The van der Waals surface area contributed by atoms with Gasteiger partial charge in [0.1, 0.15) is 0 Å². The van der Waals surface area contributed by atoms with E-state index in [0.29, 0.717) is 6.42 Å². The molecule has 0 aromatic heterocycles.